The highest BCUT2D eigenvalue weighted by Gasteiger charge is 2.19. The first-order valence-electron chi connectivity index (χ1n) is 8.55. The molecular weight excluding hydrogens is 334 g/mol. The summed E-state index contributed by atoms with van der Waals surface area (Å²) in [7, 11) is 3.25. The maximum absolute atomic E-state index is 5.72. The summed E-state index contributed by atoms with van der Waals surface area (Å²) in [6.45, 7) is 1.57. The van der Waals surface area contributed by atoms with E-state index in [4.69, 9.17) is 14.2 Å². The van der Waals surface area contributed by atoms with E-state index in [0.717, 1.165) is 43.1 Å². The van der Waals surface area contributed by atoms with Gasteiger partial charge in [-0.15, -0.1) is 0 Å². The van der Waals surface area contributed by atoms with Gasteiger partial charge in [0.25, 0.3) is 0 Å². The summed E-state index contributed by atoms with van der Waals surface area (Å²) in [6, 6.07) is 5.54. The van der Waals surface area contributed by atoms with E-state index in [-0.39, 0.29) is 6.10 Å². The van der Waals surface area contributed by atoms with Gasteiger partial charge in [-0.1, -0.05) is 0 Å². The average molecular weight is 355 g/mol. The third-order valence-corrected chi connectivity index (χ3v) is 4.49. The van der Waals surface area contributed by atoms with Crippen molar-refractivity contribution < 1.29 is 14.2 Å². The molecule has 1 unspecified atom stereocenters. The molecule has 0 aliphatic carbocycles. The fourth-order valence-electron chi connectivity index (χ4n) is 3.15. The lowest BCUT2D eigenvalue weighted by molar-refractivity contribution is 0.0978. The Kier molecular flexibility index (Phi) is 4.57. The number of benzene rings is 1. The lowest BCUT2D eigenvalue weighted by Crippen LogP contribution is -2.14. The fraction of sp³-hybridized carbons (Fsp3) is 0.389. The summed E-state index contributed by atoms with van der Waals surface area (Å²) in [5.41, 5.74) is 2.23. The van der Waals surface area contributed by atoms with Crippen LogP contribution in [0.1, 0.15) is 12.8 Å². The molecule has 1 aliphatic heterocycles. The third-order valence-electron chi connectivity index (χ3n) is 4.49. The van der Waals surface area contributed by atoms with E-state index in [1.165, 1.54) is 6.33 Å². The molecule has 1 saturated heterocycles. The van der Waals surface area contributed by atoms with Crippen molar-refractivity contribution in [3.8, 4) is 11.5 Å². The summed E-state index contributed by atoms with van der Waals surface area (Å²) in [6.07, 6.45) is 5.71. The Balaban J connectivity index is 1.66. The number of imidazole rings is 1. The zero-order chi connectivity index (χ0) is 17.9. The van der Waals surface area contributed by atoms with Crippen LogP contribution in [0.5, 0.6) is 11.5 Å². The standard InChI is InChI=1S/C18H21N5O3/c1-24-12-5-6-15(25-2)14(8-12)22-17-16-18(20-10-19-17)23(11-21-16)9-13-4-3-7-26-13/h5-6,8,10-11,13H,3-4,7,9H2,1-2H3,(H,19,20,22). The van der Waals surface area contributed by atoms with E-state index in [1.54, 1.807) is 20.5 Å². The predicted molar refractivity (Wildman–Crippen MR) is 97.1 cm³/mol. The summed E-state index contributed by atoms with van der Waals surface area (Å²) < 4.78 is 18.4. The number of aromatic nitrogens is 4. The van der Waals surface area contributed by atoms with Crippen LogP contribution >= 0.6 is 0 Å². The number of rotatable bonds is 6. The maximum Gasteiger partial charge on any atom is 0.165 e. The van der Waals surface area contributed by atoms with Gasteiger partial charge in [0.05, 0.1) is 38.9 Å². The van der Waals surface area contributed by atoms with Crippen LogP contribution in [-0.4, -0.2) is 46.4 Å². The van der Waals surface area contributed by atoms with Gasteiger partial charge in [0, 0.05) is 12.7 Å². The van der Waals surface area contributed by atoms with Crippen molar-refractivity contribution in [2.24, 2.45) is 0 Å². The van der Waals surface area contributed by atoms with Crippen LogP contribution in [0.15, 0.2) is 30.9 Å². The molecule has 1 N–H and O–H groups in total. The second kappa shape index (κ2) is 7.17. The van der Waals surface area contributed by atoms with Crippen LogP contribution in [0.2, 0.25) is 0 Å². The second-order valence-electron chi connectivity index (χ2n) is 6.12. The molecule has 0 radical (unpaired) electrons. The molecule has 1 aliphatic rings. The molecule has 3 heterocycles. The van der Waals surface area contributed by atoms with Gasteiger partial charge >= 0.3 is 0 Å². The molecule has 0 bridgehead atoms. The molecule has 0 amide bonds. The molecular formula is C18H21N5O3. The lowest BCUT2D eigenvalue weighted by Gasteiger charge is -2.13. The Morgan fingerprint density at radius 2 is 2.15 bits per heavy atom. The minimum Gasteiger partial charge on any atom is -0.497 e. The molecule has 4 rings (SSSR count). The van der Waals surface area contributed by atoms with E-state index in [2.05, 4.69) is 20.3 Å². The van der Waals surface area contributed by atoms with E-state index >= 15 is 0 Å². The molecule has 0 spiro atoms. The largest absolute Gasteiger partial charge is 0.497 e. The third kappa shape index (κ3) is 3.15. The highest BCUT2D eigenvalue weighted by atomic mass is 16.5. The van der Waals surface area contributed by atoms with Crippen molar-refractivity contribution in [3.63, 3.8) is 0 Å². The Morgan fingerprint density at radius 3 is 2.92 bits per heavy atom. The predicted octanol–water partition coefficient (Wildman–Crippen LogP) is 2.77. The number of methoxy groups -OCH3 is 2. The highest BCUT2D eigenvalue weighted by Crippen LogP contribution is 2.32. The van der Waals surface area contributed by atoms with Crippen LogP contribution in [0.4, 0.5) is 11.5 Å². The van der Waals surface area contributed by atoms with Crippen molar-refractivity contribution >= 4 is 22.7 Å². The van der Waals surface area contributed by atoms with Gasteiger partial charge in [-0.25, -0.2) is 15.0 Å². The van der Waals surface area contributed by atoms with Crippen LogP contribution in [0, 0.1) is 0 Å². The van der Waals surface area contributed by atoms with Gasteiger partial charge in [0.15, 0.2) is 17.0 Å². The van der Waals surface area contributed by atoms with Gasteiger partial charge in [-0.3, -0.25) is 0 Å². The van der Waals surface area contributed by atoms with Gasteiger partial charge < -0.3 is 24.1 Å². The first kappa shape index (κ1) is 16.6. The highest BCUT2D eigenvalue weighted by molar-refractivity contribution is 5.86. The first-order valence-corrected chi connectivity index (χ1v) is 8.55. The quantitative estimate of drug-likeness (QED) is 0.728. The monoisotopic (exact) mass is 355 g/mol. The fourth-order valence-corrected chi connectivity index (χ4v) is 3.15. The lowest BCUT2D eigenvalue weighted by atomic mass is 10.2. The van der Waals surface area contributed by atoms with Crippen molar-refractivity contribution in [1.82, 2.24) is 19.5 Å². The van der Waals surface area contributed by atoms with Gasteiger partial charge in [-0.2, -0.15) is 0 Å². The topological polar surface area (TPSA) is 83.3 Å². The number of anilines is 2. The summed E-state index contributed by atoms with van der Waals surface area (Å²) in [5.74, 6) is 2.03. The number of nitrogens with one attached hydrogen (secondary N) is 1. The summed E-state index contributed by atoms with van der Waals surface area (Å²) in [4.78, 5) is 13.3. The second-order valence-corrected chi connectivity index (χ2v) is 6.12. The molecule has 1 atom stereocenters. The SMILES string of the molecule is COc1ccc(OC)c(Nc2ncnc3c2ncn3CC2CCCO2)c1. The number of fused-ring (bicyclic) bond motifs is 1. The smallest absolute Gasteiger partial charge is 0.165 e. The van der Waals surface area contributed by atoms with Crippen molar-refractivity contribution in [2.75, 3.05) is 26.1 Å². The van der Waals surface area contributed by atoms with Gasteiger partial charge in [0.2, 0.25) is 0 Å². The van der Waals surface area contributed by atoms with Crippen molar-refractivity contribution in [1.29, 1.82) is 0 Å². The zero-order valence-corrected chi connectivity index (χ0v) is 14.8. The molecule has 8 nitrogen and oxygen atoms in total. The normalized spacial score (nSPS) is 16.8. The van der Waals surface area contributed by atoms with E-state index in [0.29, 0.717) is 17.1 Å². The number of hydrogen-bond donors (Lipinski definition) is 1. The average Bonchev–Trinajstić information content (AvgIpc) is 3.33. The van der Waals surface area contributed by atoms with Gasteiger partial charge in [-0.05, 0) is 25.0 Å². The number of ether oxygens (including phenoxy) is 3. The molecule has 136 valence electrons. The molecule has 3 aromatic rings. The van der Waals surface area contributed by atoms with Crippen LogP contribution in [-0.2, 0) is 11.3 Å². The Bertz CT molecular complexity index is 905. The minimum absolute atomic E-state index is 0.220. The van der Waals surface area contributed by atoms with Crippen LogP contribution in [0.3, 0.4) is 0 Å². The van der Waals surface area contributed by atoms with E-state index in [9.17, 15) is 0 Å². The molecule has 1 fully saturated rings. The molecule has 1 aromatic carbocycles. The Labute approximate surface area is 151 Å². The Morgan fingerprint density at radius 1 is 1.23 bits per heavy atom. The summed E-state index contributed by atoms with van der Waals surface area (Å²) in [5, 5.41) is 3.28. The first-order chi connectivity index (χ1) is 12.8. The van der Waals surface area contributed by atoms with Crippen LogP contribution < -0.4 is 14.8 Å². The zero-order valence-electron chi connectivity index (χ0n) is 14.8. The minimum atomic E-state index is 0.220. The molecule has 2 aromatic heterocycles. The number of nitrogens with zero attached hydrogens (tertiary/aromatic N) is 4. The molecule has 8 heteroatoms. The maximum atomic E-state index is 5.72. The number of hydrogen-bond acceptors (Lipinski definition) is 7. The molecule has 26 heavy (non-hydrogen) atoms. The van der Waals surface area contributed by atoms with Crippen molar-refractivity contribution in [3.05, 3.63) is 30.9 Å². The van der Waals surface area contributed by atoms with Crippen LogP contribution in [0.25, 0.3) is 11.2 Å². The Hall–Kier alpha value is -2.87. The van der Waals surface area contributed by atoms with E-state index in [1.807, 2.05) is 22.8 Å². The van der Waals surface area contributed by atoms with Crippen molar-refractivity contribution in [2.45, 2.75) is 25.5 Å². The summed E-state index contributed by atoms with van der Waals surface area (Å²) >= 11 is 0. The molecule has 0 saturated carbocycles. The van der Waals surface area contributed by atoms with E-state index < -0.39 is 0 Å². The van der Waals surface area contributed by atoms with Gasteiger partial charge in [0.1, 0.15) is 17.8 Å².